The maximum Gasteiger partial charge on any atom is 0.135 e. The molecule has 6 aromatic carbocycles. The van der Waals surface area contributed by atoms with E-state index in [-0.39, 0.29) is 0 Å². The molecule has 0 saturated heterocycles. The van der Waals surface area contributed by atoms with E-state index in [0.29, 0.717) is 0 Å². The third-order valence-corrected chi connectivity index (χ3v) is 9.38. The Labute approximate surface area is 236 Å². The molecule has 0 aliphatic rings. The summed E-state index contributed by atoms with van der Waals surface area (Å²) in [6.45, 7) is 2.22. The lowest BCUT2D eigenvalue weighted by Crippen LogP contribution is -1.90. The Morgan fingerprint density at radius 3 is 2.00 bits per heavy atom. The fraction of sp³-hybridized carbons (Fsp3) is 0.0526. The molecule has 0 fully saturated rings. The van der Waals surface area contributed by atoms with Crippen LogP contribution in [0.5, 0.6) is 0 Å². The molecule has 40 heavy (non-hydrogen) atoms. The minimum Gasteiger partial charge on any atom is -0.456 e. The normalized spacial score (nSPS) is 11.7. The monoisotopic (exact) mass is 530 g/mol. The summed E-state index contributed by atoms with van der Waals surface area (Å²) in [6, 6.07) is 46.0. The third-order valence-electron chi connectivity index (χ3n) is 7.99. The van der Waals surface area contributed by atoms with Gasteiger partial charge in [0.1, 0.15) is 11.2 Å². The van der Waals surface area contributed by atoms with Crippen LogP contribution in [0.2, 0.25) is 0 Å². The molecule has 0 amide bonds. The van der Waals surface area contributed by atoms with Gasteiger partial charge in [0.2, 0.25) is 0 Å². The van der Waals surface area contributed by atoms with Gasteiger partial charge >= 0.3 is 0 Å². The minimum atomic E-state index is 0.861. The van der Waals surface area contributed by atoms with E-state index < -0.39 is 0 Å². The maximum absolute atomic E-state index is 6.23. The van der Waals surface area contributed by atoms with E-state index >= 15 is 0 Å². The molecule has 0 radical (unpaired) electrons. The van der Waals surface area contributed by atoms with E-state index in [4.69, 9.17) is 4.42 Å². The van der Waals surface area contributed by atoms with Gasteiger partial charge in [-0.1, -0.05) is 91.0 Å². The first-order chi connectivity index (χ1) is 19.7. The fourth-order valence-electron chi connectivity index (χ4n) is 6.02. The highest BCUT2D eigenvalue weighted by Gasteiger charge is 2.15. The van der Waals surface area contributed by atoms with Crippen molar-refractivity contribution in [2.45, 2.75) is 13.3 Å². The van der Waals surface area contributed by atoms with Gasteiger partial charge in [0.05, 0.1) is 0 Å². The molecule has 2 aromatic heterocycles. The number of thiophene rings is 1. The first-order valence-electron chi connectivity index (χ1n) is 13.7. The number of hydrogen-bond acceptors (Lipinski definition) is 2. The average Bonchev–Trinajstić information content (AvgIpc) is 3.56. The zero-order valence-corrected chi connectivity index (χ0v) is 23.0. The summed E-state index contributed by atoms with van der Waals surface area (Å²) in [7, 11) is 0. The molecule has 2 heteroatoms. The van der Waals surface area contributed by atoms with Crippen LogP contribution in [0.3, 0.4) is 0 Å². The molecule has 0 spiro atoms. The lowest BCUT2D eigenvalue weighted by Gasteiger charge is -2.09. The van der Waals surface area contributed by atoms with Crippen molar-refractivity contribution in [1.29, 1.82) is 0 Å². The fourth-order valence-corrected chi connectivity index (χ4v) is 7.30. The molecule has 2 heterocycles. The van der Waals surface area contributed by atoms with Gasteiger partial charge in [-0.15, -0.1) is 11.3 Å². The van der Waals surface area contributed by atoms with E-state index in [1.807, 2.05) is 11.3 Å². The minimum absolute atomic E-state index is 0.861. The summed E-state index contributed by atoms with van der Waals surface area (Å²) in [5, 5.41) is 5.04. The van der Waals surface area contributed by atoms with Gasteiger partial charge in [0.15, 0.2) is 0 Å². The lowest BCUT2D eigenvalue weighted by atomic mass is 9.95. The zero-order chi connectivity index (χ0) is 26.6. The highest BCUT2D eigenvalue weighted by Crippen LogP contribution is 2.42. The predicted molar refractivity (Wildman–Crippen MR) is 171 cm³/mol. The number of hydrogen-bond donors (Lipinski definition) is 0. The van der Waals surface area contributed by atoms with Crippen LogP contribution in [0.15, 0.2) is 132 Å². The van der Waals surface area contributed by atoms with Gasteiger partial charge in [-0.3, -0.25) is 0 Å². The van der Waals surface area contributed by atoms with Crippen LogP contribution in [0.1, 0.15) is 16.7 Å². The summed E-state index contributed by atoms with van der Waals surface area (Å²) < 4.78 is 8.98. The molecule has 8 rings (SSSR count). The van der Waals surface area contributed by atoms with E-state index in [1.165, 1.54) is 64.5 Å². The van der Waals surface area contributed by atoms with Crippen LogP contribution >= 0.6 is 11.3 Å². The first-order valence-corrected chi connectivity index (χ1v) is 14.5. The van der Waals surface area contributed by atoms with Gasteiger partial charge in [-0.25, -0.2) is 0 Å². The smallest absolute Gasteiger partial charge is 0.135 e. The van der Waals surface area contributed by atoms with Crippen molar-refractivity contribution in [3.8, 4) is 22.3 Å². The molecule has 8 aromatic rings. The number of benzene rings is 6. The van der Waals surface area contributed by atoms with Crippen LogP contribution in [0.4, 0.5) is 0 Å². The van der Waals surface area contributed by atoms with Gasteiger partial charge in [0, 0.05) is 30.9 Å². The molecule has 190 valence electrons. The van der Waals surface area contributed by atoms with Crippen molar-refractivity contribution in [1.82, 2.24) is 0 Å². The summed E-state index contributed by atoms with van der Waals surface area (Å²) in [5.41, 5.74) is 10.8. The summed E-state index contributed by atoms with van der Waals surface area (Å²) in [5.74, 6) is 0. The summed E-state index contributed by atoms with van der Waals surface area (Å²) >= 11 is 1.92. The average molecular weight is 531 g/mol. The first kappa shape index (κ1) is 23.2. The molecule has 0 aliphatic carbocycles. The third kappa shape index (κ3) is 3.84. The molecule has 0 unspecified atom stereocenters. The van der Waals surface area contributed by atoms with Crippen LogP contribution in [-0.4, -0.2) is 0 Å². The molecular formula is C38H26OS. The van der Waals surface area contributed by atoms with Crippen molar-refractivity contribution in [2.24, 2.45) is 0 Å². The van der Waals surface area contributed by atoms with E-state index in [1.54, 1.807) is 0 Å². The van der Waals surface area contributed by atoms with Crippen molar-refractivity contribution in [3.05, 3.63) is 144 Å². The maximum atomic E-state index is 6.23. The second-order valence-corrected chi connectivity index (χ2v) is 11.6. The quantitative estimate of drug-likeness (QED) is 0.220. The highest BCUT2D eigenvalue weighted by atomic mass is 32.1. The topological polar surface area (TPSA) is 13.1 Å². The molecule has 0 atom stereocenters. The number of rotatable bonds is 4. The lowest BCUT2D eigenvalue weighted by molar-refractivity contribution is 0.669. The number of furan rings is 1. The second-order valence-electron chi connectivity index (χ2n) is 10.6. The Balaban J connectivity index is 1.27. The van der Waals surface area contributed by atoms with Crippen molar-refractivity contribution >= 4 is 53.4 Å². The zero-order valence-electron chi connectivity index (χ0n) is 22.1. The Morgan fingerprint density at radius 1 is 0.500 bits per heavy atom. The Hall–Kier alpha value is -4.66. The molecule has 0 saturated carbocycles. The molecule has 1 nitrogen and oxygen atoms in total. The van der Waals surface area contributed by atoms with Crippen LogP contribution in [0.25, 0.3) is 64.4 Å². The standard InChI is InChI=1S/C38H26OS/c1-24-9-8-14-30-34-22-26(21-31(38(34)40-37(24)30)28-12-6-3-7-13-28)19-25-15-17-35-32(20-25)33-23-29(16-18-36(33)39-35)27-10-4-2-5-11-27/h2-18,20-23H,19H2,1H3. The van der Waals surface area contributed by atoms with Gasteiger partial charge in [-0.05, 0) is 88.7 Å². The van der Waals surface area contributed by atoms with E-state index in [9.17, 15) is 0 Å². The van der Waals surface area contributed by atoms with Crippen LogP contribution in [-0.2, 0) is 6.42 Å². The van der Waals surface area contributed by atoms with Crippen molar-refractivity contribution < 1.29 is 4.42 Å². The van der Waals surface area contributed by atoms with E-state index in [0.717, 1.165) is 23.0 Å². The van der Waals surface area contributed by atoms with Gasteiger partial charge in [0.25, 0.3) is 0 Å². The van der Waals surface area contributed by atoms with Crippen molar-refractivity contribution in [2.75, 3.05) is 0 Å². The van der Waals surface area contributed by atoms with Crippen molar-refractivity contribution in [3.63, 3.8) is 0 Å². The predicted octanol–water partition coefficient (Wildman–Crippen LogP) is 11.2. The van der Waals surface area contributed by atoms with Crippen LogP contribution < -0.4 is 0 Å². The van der Waals surface area contributed by atoms with Crippen LogP contribution in [0, 0.1) is 6.92 Å². The molecule has 0 bridgehead atoms. The SMILES string of the molecule is Cc1cccc2c1sc1c(-c3ccccc3)cc(Cc3ccc4oc5ccc(-c6ccccc6)cc5c4c3)cc12. The van der Waals surface area contributed by atoms with Gasteiger partial charge < -0.3 is 4.42 Å². The molecule has 0 N–H and O–H groups in total. The Morgan fingerprint density at radius 2 is 1.20 bits per heavy atom. The van der Waals surface area contributed by atoms with E-state index in [2.05, 4.69) is 134 Å². The molecular weight excluding hydrogens is 504 g/mol. The largest absolute Gasteiger partial charge is 0.456 e. The summed E-state index contributed by atoms with van der Waals surface area (Å²) in [6.07, 6.45) is 0.861. The Kier molecular flexibility index (Phi) is 5.36. The molecule has 0 aliphatic heterocycles. The number of aryl methyl sites for hydroxylation is 1. The Bertz CT molecular complexity index is 2180. The summed E-state index contributed by atoms with van der Waals surface area (Å²) in [4.78, 5) is 0. The highest BCUT2D eigenvalue weighted by molar-refractivity contribution is 7.26. The second kappa shape index (κ2) is 9.22. The van der Waals surface area contributed by atoms with Gasteiger partial charge in [-0.2, -0.15) is 0 Å². The number of fused-ring (bicyclic) bond motifs is 6.